The summed E-state index contributed by atoms with van der Waals surface area (Å²) in [5.74, 6) is 0. The summed E-state index contributed by atoms with van der Waals surface area (Å²) >= 11 is 0. The molecule has 0 aliphatic carbocycles. The van der Waals surface area contributed by atoms with Gasteiger partial charge in [-0.1, -0.05) is 111 Å². The van der Waals surface area contributed by atoms with Crippen molar-refractivity contribution in [3.63, 3.8) is 0 Å². The molecule has 2 aliphatic heterocycles. The van der Waals surface area contributed by atoms with Crippen molar-refractivity contribution in [2.24, 2.45) is 0 Å². The third-order valence-electron chi connectivity index (χ3n) is 10.0. The van der Waals surface area contributed by atoms with Gasteiger partial charge >= 0.3 is 6.85 Å². The highest BCUT2D eigenvalue weighted by atomic mass is 15.2. The molecule has 7 aromatic rings. The smallest absolute Gasteiger partial charge is 0.328 e. The Morgan fingerprint density at radius 3 is 1.84 bits per heavy atom. The molecule has 3 heterocycles. The van der Waals surface area contributed by atoms with Gasteiger partial charge in [-0.25, -0.2) is 0 Å². The molecule has 0 amide bonds. The second-order valence-corrected chi connectivity index (χ2v) is 12.6. The van der Waals surface area contributed by atoms with Crippen LogP contribution in [0.25, 0.3) is 27.5 Å². The van der Waals surface area contributed by atoms with Gasteiger partial charge in [0.15, 0.2) is 0 Å². The quantitative estimate of drug-likeness (QED) is 0.195. The molecule has 3 nitrogen and oxygen atoms in total. The first-order valence-corrected chi connectivity index (χ1v) is 15.5. The highest BCUT2D eigenvalue weighted by molar-refractivity contribution is 6.90. The minimum Gasteiger partial charge on any atom is -0.373 e. The number of para-hydroxylation sites is 4. The molecule has 44 heavy (non-hydrogen) atoms. The Hall–Kier alpha value is -5.22. The molecule has 0 unspecified atom stereocenters. The SMILES string of the molecule is CN1c2ccccc2N(B2c3ccccc3C(C)(C)c3ccccc32)c2c1ccc1c2c2ccccc2n1-c1ccccc1. The zero-order valence-corrected chi connectivity index (χ0v) is 25.2. The highest BCUT2D eigenvalue weighted by Crippen LogP contribution is 2.53. The zero-order chi connectivity index (χ0) is 29.6. The lowest BCUT2D eigenvalue weighted by molar-refractivity contribution is 0.645. The van der Waals surface area contributed by atoms with Crippen molar-refractivity contribution >= 4 is 62.3 Å². The molecule has 9 rings (SSSR count). The Labute approximate surface area is 258 Å². The number of aromatic nitrogens is 1. The normalized spacial score (nSPS) is 14.8. The Morgan fingerprint density at radius 1 is 0.523 bits per heavy atom. The van der Waals surface area contributed by atoms with Gasteiger partial charge < -0.3 is 14.3 Å². The first-order chi connectivity index (χ1) is 21.6. The fraction of sp³-hybridized carbons (Fsp3) is 0.100. The number of benzene rings is 6. The number of anilines is 4. The van der Waals surface area contributed by atoms with E-state index in [1.807, 2.05) is 0 Å². The van der Waals surface area contributed by atoms with Gasteiger partial charge in [0.2, 0.25) is 0 Å². The zero-order valence-electron chi connectivity index (χ0n) is 25.2. The van der Waals surface area contributed by atoms with Crippen LogP contribution >= 0.6 is 0 Å². The molecular weight excluding hydrogens is 533 g/mol. The summed E-state index contributed by atoms with van der Waals surface area (Å²) < 4.78 is 2.43. The molecule has 0 radical (unpaired) electrons. The van der Waals surface area contributed by atoms with Gasteiger partial charge in [-0.2, -0.15) is 0 Å². The van der Waals surface area contributed by atoms with Crippen LogP contribution in [0.2, 0.25) is 0 Å². The molecule has 0 bridgehead atoms. The number of hydrogen-bond acceptors (Lipinski definition) is 2. The van der Waals surface area contributed by atoms with E-state index < -0.39 is 0 Å². The van der Waals surface area contributed by atoms with Crippen molar-refractivity contribution < 1.29 is 0 Å². The lowest BCUT2D eigenvalue weighted by Crippen LogP contribution is -2.62. The molecule has 0 spiro atoms. The predicted molar refractivity (Wildman–Crippen MR) is 187 cm³/mol. The Morgan fingerprint density at radius 2 is 1.11 bits per heavy atom. The maximum absolute atomic E-state index is 2.65. The average molecular weight is 566 g/mol. The number of nitrogens with zero attached hydrogens (tertiary/aromatic N) is 3. The van der Waals surface area contributed by atoms with E-state index in [-0.39, 0.29) is 12.3 Å². The third kappa shape index (κ3) is 3.28. The summed E-state index contributed by atoms with van der Waals surface area (Å²) in [5.41, 5.74) is 13.9. The van der Waals surface area contributed by atoms with E-state index in [1.54, 1.807) is 0 Å². The standard InChI is InChI=1S/C40H32BN3/c1-40(2)29-18-8-10-20-31(29)41(32-21-11-9-19-30(32)40)44-35-24-14-13-23-34(35)42(3)37-26-25-36-38(39(37)44)28-17-7-12-22-33(28)43(36)27-15-5-4-6-16-27/h4-26H,1-3H3. The first-order valence-electron chi connectivity index (χ1n) is 15.5. The Bertz CT molecular complexity index is 2200. The van der Waals surface area contributed by atoms with Gasteiger partial charge in [-0.3, -0.25) is 0 Å². The lowest BCUT2D eigenvalue weighted by Gasteiger charge is -2.46. The molecule has 0 fully saturated rings. The minimum atomic E-state index is -0.103. The molecule has 0 saturated carbocycles. The largest absolute Gasteiger partial charge is 0.373 e. The van der Waals surface area contributed by atoms with Crippen LogP contribution in [0.1, 0.15) is 25.0 Å². The van der Waals surface area contributed by atoms with E-state index in [9.17, 15) is 0 Å². The molecule has 1 aromatic heterocycles. The van der Waals surface area contributed by atoms with Crippen molar-refractivity contribution in [2.75, 3.05) is 16.8 Å². The van der Waals surface area contributed by atoms with Crippen molar-refractivity contribution in [1.82, 2.24) is 4.57 Å². The highest BCUT2D eigenvalue weighted by Gasteiger charge is 2.45. The Kier molecular flexibility index (Phi) is 5.26. The van der Waals surface area contributed by atoms with E-state index in [4.69, 9.17) is 0 Å². The van der Waals surface area contributed by atoms with Crippen LogP contribution in [-0.2, 0) is 5.41 Å². The van der Waals surface area contributed by atoms with Gasteiger partial charge in [0, 0.05) is 28.9 Å². The molecule has 6 aromatic carbocycles. The second-order valence-electron chi connectivity index (χ2n) is 12.6. The third-order valence-corrected chi connectivity index (χ3v) is 10.0. The van der Waals surface area contributed by atoms with Crippen molar-refractivity contribution in [2.45, 2.75) is 19.3 Å². The van der Waals surface area contributed by atoms with Crippen LogP contribution in [0, 0.1) is 0 Å². The van der Waals surface area contributed by atoms with E-state index in [0.717, 1.165) is 0 Å². The van der Waals surface area contributed by atoms with Crippen LogP contribution in [0.4, 0.5) is 22.7 Å². The second kappa shape index (κ2) is 9.14. The van der Waals surface area contributed by atoms with E-state index in [0.29, 0.717) is 0 Å². The number of rotatable bonds is 2. The molecule has 0 saturated heterocycles. The van der Waals surface area contributed by atoms with Gasteiger partial charge in [0.05, 0.1) is 33.8 Å². The van der Waals surface area contributed by atoms with Crippen LogP contribution in [0.3, 0.4) is 0 Å². The fourth-order valence-electron chi connectivity index (χ4n) is 8.07. The molecule has 2 aliphatic rings. The minimum absolute atomic E-state index is 0.00784. The first kappa shape index (κ1) is 25.3. The molecule has 0 N–H and O–H groups in total. The van der Waals surface area contributed by atoms with Gasteiger partial charge in [0.1, 0.15) is 0 Å². The summed E-state index contributed by atoms with van der Waals surface area (Å²) in [6.45, 7) is 4.75. The van der Waals surface area contributed by atoms with Crippen LogP contribution < -0.4 is 20.6 Å². The molecule has 0 atom stereocenters. The van der Waals surface area contributed by atoms with Crippen LogP contribution in [0.5, 0.6) is 0 Å². The fourth-order valence-corrected chi connectivity index (χ4v) is 8.07. The van der Waals surface area contributed by atoms with Gasteiger partial charge in [-0.15, -0.1) is 0 Å². The lowest BCUT2D eigenvalue weighted by atomic mass is 9.40. The molecule has 4 heteroatoms. The van der Waals surface area contributed by atoms with Crippen LogP contribution in [-0.4, -0.2) is 18.5 Å². The molecule has 210 valence electrons. The van der Waals surface area contributed by atoms with Crippen molar-refractivity contribution in [3.8, 4) is 5.69 Å². The topological polar surface area (TPSA) is 11.4 Å². The average Bonchev–Trinajstić information content (AvgIpc) is 3.41. The maximum Gasteiger partial charge on any atom is 0.328 e. The van der Waals surface area contributed by atoms with Crippen LogP contribution in [0.15, 0.2) is 140 Å². The predicted octanol–water partition coefficient (Wildman–Crippen LogP) is 8.45. The summed E-state index contributed by atoms with van der Waals surface area (Å²) in [4.78, 5) is 5.03. The molecular formula is C40H32BN3. The summed E-state index contributed by atoms with van der Waals surface area (Å²) in [6.07, 6.45) is 0. The van der Waals surface area contributed by atoms with E-state index in [1.165, 1.54) is 72.3 Å². The van der Waals surface area contributed by atoms with Crippen molar-refractivity contribution in [3.05, 3.63) is 151 Å². The maximum atomic E-state index is 2.65. The summed E-state index contributed by atoms with van der Waals surface area (Å²) in [5, 5.41) is 2.54. The van der Waals surface area contributed by atoms with Gasteiger partial charge in [0.25, 0.3) is 0 Å². The summed E-state index contributed by atoms with van der Waals surface area (Å²) in [6, 6.07) is 51.4. The monoisotopic (exact) mass is 565 g/mol. The van der Waals surface area contributed by atoms with Gasteiger partial charge in [-0.05, 0) is 64.5 Å². The summed E-state index contributed by atoms with van der Waals surface area (Å²) in [7, 11) is 2.21. The van der Waals surface area contributed by atoms with Crippen molar-refractivity contribution in [1.29, 1.82) is 0 Å². The number of hydrogen-bond donors (Lipinski definition) is 0. The number of fused-ring (bicyclic) bond motifs is 8. The van der Waals surface area contributed by atoms with E-state index in [2.05, 4.69) is 175 Å². The Balaban J connectivity index is 1.45. The van der Waals surface area contributed by atoms with E-state index >= 15 is 0 Å².